The smallest absolute Gasteiger partial charge is 0.250 e. The Hall–Kier alpha value is -1.35. The molecule has 0 fully saturated rings. The van der Waals surface area contributed by atoms with Gasteiger partial charge in [-0.2, -0.15) is 0 Å². The highest BCUT2D eigenvalue weighted by molar-refractivity contribution is 5.91. The summed E-state index contributed by atoms with van der Waals surface area (Å²) in [5.74, 6) is -0.109. The molecule has 0 spiro atoms. The molecule has 1 rings (SSSR count). The summed E-state index contributed by atoms with van der Waals surface area (Å²) in [6, 6.07) is 7.95. The predicted molar refractivity (Wildman–Crippen MR) is 70.2 cm³/mol. The first-order valence-electron chi connectivity index (χ1n) is 6.12. The van der Waals surface area contributed by atoms with Gasteiger partial charge in [0.2, 0.25) is 5.91 Å². The average molecular weight is 235 g/mol. The molecule has 0 radical (unpaired) electrons. The Bertz CT molecular complexity index is 344. The molecule has 0 unspecified atom stereocenters. The van der Waals surface area contributed by atoms with Gasteiger partial charge in [-0.05, 0) is 38.0 Å². The van der Waals surface area contributed by atoms with Crippen molar-refractivity contribution in [2.45, 2.75) is 39.7 Å². The monoisotopic (exact) mass is 235 g/mol. The summed E-state index contributed by atoms with van der Waals surface area (Å²) in [5.41, 5.74) is 2.12. The van der Waals surface area contributed by atoms with Gasteiger partial charge in [0.25, 0.3) is 0 Å². The molecule has 17 heavy (non-hydrogen) atoms. The van der Waals surface area contributed by atoms with E-state index in [0.717, 1.165) is 18.5 Å². The molecule has 94 valence electrons. The van der Waals surface area contributed by atoms with E-state index in [9.17, 15) is 4.79 Å². The lowest BCUT2D eigenvalue weighted by molar-refractivity contribution is -0.121. The highest BCUT2D eigenvalue weighted by atomic mass is 16.5. The molecule has 0 aliphatic carbocycles. The van der Waals surface area contributed by atoms with Crippen molar-refractivity contribution in [3.8, 4) is 0 Å². The second-order valence-corrected chi connectivity index (χ2v) is 4.35. The quantitative estimate of drug-likeness (QED) is 0.823. The van der Waals surface area contributed by atoms with Gasteiger partial charge in [-0.1, -0.05) is 25.5 Å². The van der Waals surface area contributed by atoms with E-state index in [1.807, 2.05) is 38.1 Å². The van der Waals surface area contributed by atoms with Crippen molar-refractivity contribution < 1.29 is 9.53 Å². The molecule has 0 atom stereocenters. The van der Waals surface area contributed by atoms with E-state index in [1.165, 1.54) is 5.56 Å². The molecule has 0 heterocycles. The summed E-state index contributed by atoms with van der Waals surface area (Å²) in [7, 11) is 0. The minimum atomic E-state index is -0.109. The van der Waals surface area contributed by atoms with E-state index < -0.39 is 0 Å². The molecule has 0 aliphatic heterocycles. The highest BCUT2D eigenvalue weighted by Gasteiger charge is 2.03. The molecule has 0 saturated carbocycles. The van der Waals surface area contributed by atoms with Crippen LogP contribution in [0.5, 0.6) is 0 Å². The Kier molecular flexibility index (Phi) is 5.70. The molecule has 0 bridgehead atoms. The Morgan fingerprint density at radius 1 is 1.29 bits per heavy atom. The number of amides is 1. The van der Waals surface area contributed by atoms with Crippen molar-refractivity contribution in [3.63, 3.8) is 0 Å². The topological polar surface area (TPSA) is 38.3 Å². The van der Waals surface area contributed by atoms with Crippen LogP contribution in [0.25, 0.3) is 0 Å². The highest BCUT2D eigenvalue weighted by Crippen LogP contribution is 2.10. The van der Waals surface area contributed by atoms with Gasteiger partial charge in [0.05, 0.1) is 6.10 Å². The maximum Gasteiger partial charge on any atom is 0.250 e. The zero-order valence-corrected chi connectivity index (χ0v) is 10.8. The van der Waals surface area contributed by atoms with Gasteiger partial charge >= 0.3 is 0 Å². The van der Waals surface area contributed by atoms with E-state index >= 15 is 0 Å². The van der Waals surface area contributed by atoms with Crippen molar-refractivity contribution in [3.05, 3.63) is 29.8 Å². The first-order chi connectivity index (χ1) is 8.11. The van der Waals surface area contributed by atoms with Crippen LogP contribution in [0.2, 0.25) is 0 Å². The van der Waals surface area contributed by atoms with Crippen molar-refractivity contribution in [2.24, 2.45) is 0 Å². The number of nitrogens with one attached hydrogen (secondary N) is 1. The van der Waals surface area contributed by atoms with Gasteiger partial charge in [0.15, 0.2) is 0 Å². The minimum Gasteiger partial charge on any atom is -0.369 e. The van der Waals surface area contributed by atoms with E-state index in [4.69, 9.17) is 4.74 Å². The fourth-order valence-corrected chi connectivity index (χ4v) is 1.48. The third-order valence-electron chi connectivity index (χ3n) is 2.32. The summed E-state index contributed by atoms with van der Waals surface area (Å²) < 4.78 is 5.23. The molecule has 1 aromatic carbocycles. The van der Waals surface area contributed by atoms with Crippen molar-refractivity contribution in [2.75, 3.05) is 11.9 Å². The SMILES string of the molecule is CCCc1ccc(NC(=O)COC(C)C)cc1. The normalized spacial score (nSPS) is 10.6. The number of carbonyl (C=O) groups is 1. The summed E-state index contributed by atoms with van der Waals surface area (Å²) in [6.45, 7) is 6.08. The summed E-state index contributed by atoms with van der Waals surface area (Å²) in [4.78, 5) is 11.5. The zero-order chi connectivity index (χ0) is 12.7. The Balaban J connectivity index is 2.43. The van der Waals surface area contributed by atoms with E-state index in [-0.39, 0.29) is 18.6 Å². The van der Waals surface area contributed by atoms with Crippen LogP contribution in [0, 0.1) is 0 Å². The van der Waals surface area contributed by atoms with Crippen LogP contribution in [0.3, 0.4) is 0 Å². The van der Waals surface area contributed by atoms with Crippen LogP contribution in [-0.4, -0.2) is 18.6 Å². The van der Waals surface area contributed by atoms with Crippen LogP contribution in [0.1, 0.15) is 32.8 Å². The first-order valence-corrected chi connectivity index (χ1v) is 6.12. The van der Waals surface area contributed by atoms with Crippen molar-refractivity contribution in [1.29, 1.82) is 0 Å². The van der Waals surface area contributed by atoms with Crippen molar-refractivity contribution >= 4 is 11.6 Å². The number of hydrogen-bond acceptors (Lipinski definition) is 2. The number of rotatable bonds is 6. The lowest BCUT2D eigenvalue weighted by Crippen LogP contribution is -2.20. The van der Waals surface area contributed by atoms with Gasteiger partial charge in [-0.25, -0.2) is 0 Å². The number of anilines is 1. The summed E-state index contributed by atoms with van der Waals surface area (Å²) >= 11 is 0. The van der Waals surface area contributed by atoms with Gasteiger partial charge in [-0.3, -0.25) is 4.79 Å². The lowest BCUT2D eigenvalue weighted by Gasteiger charge is -2.08. The molecule has 0 aromatic heterocycles. The fraction of sp³-hybridized carbons (Fsp3) is 0.500. The van der Waals surface area contributed by atoms with Crippen LogP contribution in [0.4, 0.5) is 5.69 Å². The first kappa shape index (κ1) is 13.7. The number of hydrogen-bond donors (Lipinski definition) is 1. The minimum absolute atomic E-state index is 0.0766. The maximum atomic E-state index is 11.5. The second kappa shape index (κ2) is 7.07. The fourth-order valence-electron chi connectivity index (χ4n) is 1.48. The van der Waals surface area contributed by atoms with Crippen LogP contribution >= 0.6 is 0 Å². The standard InChI is InChI=1S/C14H21NO2/c1-4-5-12-6-8-13(9-7-12)15-14(16)10-17-11(2)3/h6-9,11H,4-5,10H2,1-3H3,(H,15,16). The average Bonchev–Trinajstić information content (AvgIpc) is 2.29. The molecule has 1 aromatic rings. The largest absolute Gasteiger partial charge is 0.369 e. The summed E-state index contributed by atoms with van der Waals surface area (Å²) in [5, 5.41) is 2.80. The van der Waals surface area contributed by atoms with Crippen molar-refractivity contribution in [1.82, 2.24) is 0 Å². The Labute approximate surface area is 103 Å². The molecule has 3 nitrogen and oxygen atoms in total. The molecular weight excluding hydrogens is 214 g/mol. The Morgan fingerprint density at radius 2 is 1.94 bits per heavy atom. The van der Waals surface area contributed by atoms with Gasteiger partial charge < -0.3 is 10.1 Å². The van der Waals surface area contributed by atoms with Gasteiger partial charge in [0, 0.05) is 5.69 Å². The van der Waals surface area contributed by atoms with Crippen LogP contribution < -0.4 is 5.32 Å². The van der Waals surface area contributed by atoms with E-state index in [0.29, 0.717) is 0 Å². The molecule has 0 aliphatic rings. The molecule has 1 amide bonds. The molecule has 1 N–H and O–H groups in total. The number of carbonyl (C=O) groups excluding carboxylic acids is 1. The number of benzene rings is 1. The second-order valence-electron chi connectivity index (χ2n) is 4.35. The third-order valence-corrected chi connectivity index (χ3v) is 2.32. The third kappa shape index (κ3) is 5.50. The van der Waals surface area contributed by atoms with E-state index in [1.54, 1.807) is 0 Å². The molecule has 3 heteroatoms. The predicted octanol–water partition coefficient (Wildman–Crippen LogP) is 3.00. The van der Waals surface area contributed by atoms with Crippen LogP contribution in [-0.2, 0) is 16.0 Å². The molecule has 0 saturated heterocycles. The lowest BCUT2D eigenvalue weighted by atomic mass is 10.1. The Morgan fingerprint density at radius 3 is 2.47 bits per heavy atom. The summed E-state index contributed by atoms with van der Waals surface area (Å²) in [6.07, 6.45) is 2.28. The number of aryl methyl sites for hydroxylation is 1. The molecular formula is C14H21NO2. The number of ether oxygens (including phenoxy) is 1. The van der Waals surface area contributed by atoms with E-state index in [2.05, 4.69) is 12.2 Å². The maximum absolute atomic E-state index is 11.5. The zero-order valence-electron chi connectivity index (χ0n) is 10.8. The van der Waals surface area contributed by atoms with Crippen LogP contribution in [0.15, 0.2) is 24.3 Å². The van der Waals surface area contributed by atoms with Gasteiger partial charge in [0.1, 0.15) is 6.61 Å². The van der Waals surface area contributed by atoms with Gasteiger partial charge in [-0.15, -0.1) is 0 Å².